The summed E-state index contributed by atoms with van der Waals surface area (Å²) in [6, 6.07) is 2.05. The molecule has 0 aliphatic rings. The molecular weight excluding hydrogens is 146 g/mol. The highest BCUT2D eigenvalue weighted by Crippen LogP contribution is 2.05. The zero-order chi connectivity index (χ0) is 8.69. The molecule has 0 aromatic carbocycles. The van der Waals surface area contributed by atoms with Gasteiger partial charge in [0.1, 0.15) is 0 Å². The normalized spacial score (nSPS) is 11.6. The number of nitrogens with zero attached hydrogens (tertiary/aromatic N) is 1. The van der Waals surface area contributed by atoms with Crippen molar-refractivity contribution in [2.75, 3.05) is 6.61 Å². The van der Waals surface area contributed by atoms with Gasteiger partial charge in [-0.15, -0.1) is 0 Å². The second-order valence-corrected chi connectivity index (χ2v) is 2.14. The zero-order valence-electron chi connectivity index (χ0n) is 6.41. The van der Waals surface area contributed by atoms with Gasteiger partial charge in [-0.1, -0.05) is 6.92 Å². The van der Waals surface area contributed by atoms with Crippen LogP contribution in [-0.4, -0.2) is 17.9 Å². The van der Waals surface area contributed by atoms with Crippen LogP contribution in [0, 0.1) is 17.2 Å². The van der Waals surface area contributed by atoms with Gasteiger partial charge in [-0.2, -0.15) is 5.26 Å². The SMILES string of the molecule is CCC(C#N)CCOC(=O)O. The van der Waals surface area contributed by atoms with Crippen LogP contribution in [-0.2, 0) is 4.74 Å². The molecule has 0 aromatic rings. The molecule has 0 aliphatic carbocycles. The average Bonchev–Trinajstić information content (AvgIpc) is 1.98. The molecule has 1 atom stereocenters. The monoisotopic (exact) mass is 157 g/mol. The van der Waals surface area contributed by atoms with Crippen LogP contribution in [0.4, 0.5) is 4.79 Å². The Balaban J connectivity index is 3.38. The van der Waals surface area contributed by atoms with Crippen molar-refractivity contribution >= 4 is 6.16 Å². The summed E-state index contributed by atoms with van der Waals surface area (Å²) in [4.78, 5) is 9.85. The van der Waals surface area contributed by atoms with Gasteiger partial charge < -0.3 is 9.84 Å². The molecule has 0 aromatic heterocycles. The van der Waals surface area contributed by atoms with Crippen LogP contribution < -0.4 is 0 Å². The van der Waals surface area contributed by atoms with E-state index in [1.54, 1.807) is 0 Å². The molecule has 0 rings (SSSR count). The summed E-state index contributed by atoms with van der Waals surface area (Å²) in [5, 5.41) is 16.5. The lowest BCUT2D eigenvalue weighted by molar-refractivity contribution is 0.0880. The molecule has 62 valence electrons. The minimum Gasteiger partial charge on any atom is -0.450 e. The Morgan fingerprint density at radius 2 is 2.45 bits per heavy atom. The van der Waals surface area contributed by atoms with Gasteiger partial charge in [0.25, 0.3) is 0 Å². The van der Waals surface area contributed by atoms with Crippen LogP contribution in [0.5, 0.6) is 0 Å². The van der Waals surface area contributed by atoms with E-state index in [0.717, 1.165) is 6.42 Å². The third-order valence-corrected chi connectivity index (χ3v) is 1.37. The minimum atomic E-state index is -1.28. The third kappa shape index (κ3) is 5.22. The van der Waals surface area contributed by atoms with E-state index >= 15 is 0 Å². The molecule has 0 fully saturated rings. The first-order chi connectivity index (χ1) is 5.20. The smallest absolute Gasteiger partial charge is 0.450 e. The van der Waals surface area contributed by atoms with Crippen LogP contribution in [0.25, 0.3) is 0 Å². The summed E-state index contributed by atoms with van der Waals surface area (Å²) in [5.41, 5.74) is 0. The molecule has 1 N–H and O–H groups in total. The number of hydrogen-bond acceptors (Lipinski definition) is 3. The van der Waals surface area contributed by atoms with Gasteiger partial charge in [0.2, 0.25) is 0 Å². The Morgan fingerprint density at radius 3 is 2.82 bits per heavy atom. The molecule has 0 radical (unpaired) electrons. The van der Waals surface area contributed by atoms with Crippen LogP contribution >= 0.6 is 0 Å². The van der Waals surface area contributed by atoms with Gasteiger partial charge in [0.05, 0.1) is 12.7 Å². The Hall–Kier alpha value is -1.24. The average molecular weight is 157 g/mol. The molecule has 0 saturated carbocycles. The summed E-state index contributed by atoms with van der Waals surface area (Å²) in [6.07, 6.45) is -0.0588. The topological polar surface area (TPSA) is 70.3 Å². The van der Waals surface area contributed by atoms with E-state index < -0.39 is 6.16 Å². The molecule has 0 amide bonds. The molecule has 11 heavy (non-hydrogen) atoms. The third-order valence-electron chi connectivity index (χ3n) is 1.37. The van der Waals surface area contributed by atoms with Crippen molar-refractivity contribution in [2.24, 2.45) is 5.92 Å². The molecule has 0 saturated heterocycles. The van der Waals surface area contributed by atoms with Crippen molar-refractivity contribution in [3.05, 3.63) is 0 Å². The fraction of sp³-hybridized carbons (Fsp3) is 0.714. The molecule has 1 unspecified atom stereocenters. The van der Waals surface area contributed by atoms with Crippen molar-refractivity contribution in [1.29, 1.82) is 5.26 Å². The van der Waals surface area contributed by atoms with Crippen LogP contribution in [0.1, 0.15) is 19.8 Å². The predicted molar refractivity (Wildman–Crippen MR) is 38.0 cm³/mol. The number of carboxylic acid groups (broad SMARTS) is 1. The second-order valence-electron chi connectivity index (χ2n) is 2.14. The summed E-state index contributed by atoms with van der Waals surface area (Å²) in [5.74, 6) is -0.0886. The van der Waals surface area contributed by atoms with Crippen LogP contribution in [0.2, 0.25) is 0 Å². The molecule has 0 bridgehead atoms. The molecule has 0 aliphatic heterocycles. The highest BCUT2D eigenvalue weighted by atomic mass is 16.7. The largest absolute Gasteiger partial charge is 0.505 e. The van der Waals surface area contributed by atoms with E-state index in [1.165, 1.54) is 0 Å². The van der Waals surface area contributed by atoms with Crippen molar-refractivity contribution in [3.8, 4) is 6.07 Å². The highest BCUT2D eigenvalue weighted by molar-refractivity contribution is 5.56. The minimum absolute atomic E-state index is 0.0886. The van der Waals surface area contributed by atoms with Crippen molar-refractivity contribution < 1.29 is 14.6 Å². The lowest BCUT2D eigenvalue weighted by atomic mass is 10.1. The maximum absolute atomic E-state index is 9.85. The van der Waals surface area contributed by atoms with E-state index in [0.29, 0.717) is 6.42 Å². The number of nitriles is 1. The van der Waals surface area contributed by atoms with Crippen molar-refractivity contribution in [1.82, 2.24) is 0 Å². The van der Waals surface area contributed by atoms with E-state index in [2.05, 4.69) is 10.8 Å². The Labute approximate surface area is 65.4 Å². The van der Waals surface area contributed by atoms with Gasteiger partial charge in [-0.3, -0.25) is 0 Å². The molecule has 0 heterocycles. The maximum Gasteiger partial charge on any atom is 0.505 e. The fourth-order valence-electron chi connectivity index (χ4n) is 0.648. The number of hydrogen-bond donors (Lipinski definition) is 1. The van der Waals surface area contributed by atoms with E-state index in [4.69, 9.17) is 10.4 Å². The Morgan fingerprint density at radius 1 is 1.82 bits per heavy atom. The first-order valence-electron chi connectivity index (χ1n) is 3.46. The van der Waals surface area contributed by atoms with Gasteiger partial charge in [-0.25, -0.2) is 4.79 Å². The number of carbonyl (C=O) groups is 1. The lowest BCUT2D eigenvalue weighted by Gasteiger charge is -2.03. The molecule has 0 spiro atoms. The van der Waals surface area contributed by atoms with E-state index in [9.17, 15) is 4.79 Å². The van der Waals surface area contributed by atoms with E-state index in [1.807, 2.05) is 6.92 Å². The van der Waals surface area contributed by atoms with E-state index in [-0.39, 0.29) is 12.5 Å². The van der Waals surface area contributed by atoms with Gasteiger partial charge >= 0.3 is 6.16 Å². The Kier molecular flexibility index (Phi) is 4.91. The summed E-state index contributed by atoms with van der Waals surface area (Å²) >= 11 is 0. The predicted octanol–water partition coefficient (Wildman–Crippen LogP) is 1.62. The first kappa shape index (κ1) is 9.76. The summed E-state index contributed by atoms with van der Waals surface area (Å²) in [7, 11) is 0. The summed E-state index contributed by atoms with van der Waals surface area (Å²) < 4.78 is 4.24. The summed E-state index contributed by atoms with van der Waals surface area (Å²) in [6.45, 7) is 2.00. The quantitative estimate of drug-likeness (QED) is 0.629. The first-order valence-corrected chi connectivity index (χ1v) is 3.46. The second kappa shape index (κ2) is 5.54. The van der Waals surface area contributed by atoms with Gasteiger partial charge in [0, 0.05) is 5.92 Å². The van der Waals surface area contributed by atoms with Gasteiger partial charge in [-0.05, 0) is 12.8 Å². The van der Waals surface area contributed by atoms with Crippen LogP contribution in [0.3, 0.4) is 0 Å². The van der Waals surface area contributed by atoms with Crippen LogP contribution in [0.15, 0.2) is 0 Å². The molecule has 4 heteroatoms. The van der Waals surface area contributed by atoms with Crippen molar-refractivity contribution in [2.45, 2.75) is 19.8 Å². The number of rotatable bonds is 4. The maximum atomic E-state index is 9.85. The molecule has 4 nitrogen and oxygen atoms in total. The van der Waals surface area contributed by atoms with Gasteiger partial charge in [0.15, 0.2) is 0 Å². The Bertz CT molecular complexity index is 162. The highest BCUT2D eigenvalue weighted by Gasteiger charge is 2.05. The molecular formula is C7H11NO3. The number of ether oxygens (including phenoxy) is 1. The zero-order valence-corrected chi connectivity index (χ0v) is 6.41. The standard InChI is InChI=1S/C7H11NO3/c1-2-6(5-8)3-4-11-7(9)10/h6H,2-4H2,1H3,(H,9,10). The fourth-order valence-corrected chi connectivity index (χ4v) is 0.648. The lowest BCUT2D eigenvalue weighted by Crippen LogP contribution is -2.06. The van der Waals surface area contributed by atoms with Crippen molar-refractivity contribution in [3.63, 3.8) is 0 Å².